The zero-order valence-electron chi connectivity index (χ0n) is 11.0. The van der Waals surface area contributed by atoms with E-state index in [1.165, 1.54) is 0 Å². The van der Waals surface area contributed by atoms with Gasteiger partial charge in [0, 0.05) is 6.04 Å². The number of halogens is 2. The Balaban J connectivity index is 2.28. The SMILES string of the molecule is CC1(C)CCCC1Nc1c(F)cc(C(=O)O)cc1F. The molecule has 19 heavy (non-hydrogen) atoms. The number of rotatable bonds is 3. The van der Waals surface area contributed by atoms with Crippen LogP contribution in [0.5, 0.6) is 0 Å². The molecule has 0 radical (unpaired) electrons. The maximum Gasteiger partial charge on any atom is 0.335 e. The van der Waals surface area contributed by atoms with Gasteiger partial charge >= 0.3 is 5.97 Å². The number of carbonyl (C=O) groups is 1. The van der Waals surface area contributed by atoms with E-state index >= 15 is 0 Å². The van der Waals surface area contributed by atoms with Gasteiger partial charge in [-0.05, 0) is 30.4 Å². The lowest BCUT2D eigenvalue weighted by Crippen LogP contribution is -2.31. The lowest BCUT2D eigenvalue weighted by atomic mass is 9.87. The van der Waals surface area contributed by atoms with Crippen LogP contribution >= 0.6 is 0 Å². The molecule has 0 bridgehead atoms. The van der Waals surface area contributed by atoms with Gasteiger partial charge in [0.2, 0.25) is 0 Å². The van der Waals surface area contributed by atoms with E-state index in [4.69, 9.17) is 5.11 Å². The fourth-order valence-corrected chi connectivity index (χ4v) is 2.60. The van der Waals surface area contributed by atoms with E-state index in [1.807, 2.05) is 0 Å². The lowest BCUT2D eigenvalue weighted by Gasteiger charge is -2.29. The lowest BCUT2D eigenvalue weighted by molar-refractivity contribution is 0.0696. The highest BCUT2D eigenvalue weighted by Gasteiger charge is 2.35. The van der Waals surface area contributed by atoms with Crippen LogP contribution in [0.3, 0.4) is 0 Å². The fourth-order valence-electron chi connectivity index (χ4n) is 2.60. The number of anilines is 1. The molecule has 0 saturated heterocycles. The number of nitrogens with one attached hydrogen (secondary N) is 1. The largest absolute Gasteiger partial charge is 0.478 e. The first kappa shape index (κ1) is 13.8. The van der Waals surface area contributed by atoms with Crippen molar-refractivity contribution in [3.63, 3.8) is 0 Å². The number of hydrogen-bond donors (Lipinski definition) is 2. The molecule has 1 unspecified atom stereocenters. The first-order valence-corrected chi connectivity index (χ1v) is 6.30. The molecule has 0 heterocycles. The molecule has 0 aliphatic heterocycles. The quantitative estimate of drug-likeness (QED) is 0.880. The number of aromatic carboxylic acids is 1. The highest BCUT2D eigenvalue weighted by atomic mass is 19.1. The molecule has 2 rings (SSSR count). The van der Waals surface area contributed by atoms with E-state index in [0.717, 1.165) is 31.4 Å². The minimum atomic E-state index is -1.34. The molecule has 1 fully saturated rings. The smallest absolute Gasteiger partial charge is 0.335 e. The van der Waals surface area contributed by atoms with Crippen molar-refractivity contribution in [3.8, 4) is 0 Å². The van der Waals surface area contributed by atoms with Crippen molar-refractivity contribution >= 4 is 11.7 Å². The summed E-state index contributed by atoms with van der Waals surface area (Å²) < 4.78 is 27.6. The van der Waals surface area contributed by atoms with Gasteiger partial charge in [-0.15, -0.1) is 0 Å². The molecule has 1 aliphatic carbocycles. The van der Waals surface area contributed by atoms with E-state index in [-0.39, 0.29) is 22.7 Å². The van der Waals surface area contributed by atoms with Crippen molar-refractivity contribution in [2.24, 2.45) is 5.41 Å². The van der Waals surface area contributed by atoms with Gasteiger partial charge in [-0.1, -0.05) is 20.3 Å². The van der Waals surface area contributed by atoms with Crippen LogP contribution in [0.1, 0.15) is 43.5 Å². The van der Waals surface area contributed by atoms with Gasteiger partial charge in [-0.2, -0.15) is 0 Å². The van der Waals surface area contributed by atoms with Crippen LogP contribution < -0.4 is 5.32 Å². The molecule has 1 aromatic carbocycles. The number of hydrogen-bond acceptors (Lipinski definition) is 2. The Morgan fingerprint density at radius 3 is 2.37 bits per heavy atom. The Hall–Kier alpha value is -1.65. The molecule has 2 N–H and O–H groups in total. The van der Waals surface area contributed by atoms with Crippen molar-refractivity contribution < 1.29 is 18.7 Å². The maximum absolute atomic E-state index is 13.8. The average Bonchev–Trinajstić information content (AvgIpc) is 2.62. The highest BCUT2D eigenvalue weighted by Crippen LogP contribution is 2.39. The predicted octanol–water partition coefficient (Wildman–Crippen LogP) is 3.65. The van der Waals surface area contributed by atoms with E-state index in [1.54, 1.807) is 0 Å². The van der Waals surface area contributed by atoms with Crippen LogP contribution in [0.4, 0.5) is 14.5 Å². The Morgan fingerprint density at radius 1 is 1.37 bits per heavy atom. The first-order chi connectivity index (χ1) is 8.81. The summed E-state index contributed by atoms with van der Waals surface area (Å²) in [6, 6.07) is 1.68. The third kappa shape index (κ3) is 2.69. The summed E-state index contributed by atoms with van der Waals surface area (Å²) in [5.74, 6) is -3.06. The van der Waals surface area contributed by atoms with Crippen molar-refractivity contribution in [2.45, 2.75) is 39.2 Å². The Morgan fingerprint density at radius 2 is 1.95 bits per heavy atom. The molecule has 1 aromatic rings. The highest BCUT2D eigenvalue weighted by molar-refractivity contribution is 5.88. The summed E-state index contributed by atoms with van der Waals surface area (Å²) >= 11 is 0. The second kappa shape index (κ2) is 4.79. The van der Waals surface area contributed by atoms with Gasteiger partial charge in [-0.25, -0.2) is 13.6 Å². The Labute approximate surface area is 110 Å². The molecule has 0 aromatic heterocycles. The average molecular weight is 269 g/mol. The van der Waals surface area contributed by atoms with E-state index in [0.29, 0.717) is 0 Å². The summed E-state index contributed by atoms with van der Waals surface area (Å²) in [7, 11) is 0. The molecule has 0 spiro atoms. The van der Waals surface area contributed by atoms with Gasteiger partial charge in [0.15, 0.2) is 0 Å². The molecule has 0 amide bonds. The van der Waals surface area contributed by atoms with Gasteiger partial charge in [-0.3, -0.25) is 0 Å². The summed E-state index contributed by atoms with van der Waals surface area (Å²) in [5.41, 5.74) is -0.638. The monoisotopic (exact) mass is 269 g/mol. The van der Waals surface area contributed by atoms with Crippen LogP contribution in [0, 0.1) is 17.0 Å². The van der Waals surface area contributed by atoms with E-state index in [2.05, 4.69) is 19.2 Å². The number of carboxylic acids is 1. The third-order valence-corrected chi connectivity index (χ3v) is 3.86. The number of carboxylic acid groups (broad SMARTS) is 1. The molecular weight excluding hydrogens is 252 g/mol. The molecule has 1 atom stereocenters. The molecule has 1 aliphatic rings. The van der Waals surface area contributed by atoms with Crippen molar-refractivity contribution in [1.82, 2.24) is 0 Å². The van der Waals surface area contributed by atoms with Crippen molar-refractivity contribution in [3.05, 3.63) is 29.3 Å². The molecule has 1 saturated carbocycles. The Kier molecular flexibility index (Phi) is 3.47. The van der Waals surface area contributed by atoms with Gasteiger partial charge < -0.3 is 10.4 Å². The summed E-state index contributed by atoms with van der Waals surface area (Å²) in [5, 5.41) is 11.6. The molecule has 104 valence electrons. The van der Waals surface area contributed by atoms with Gasteiger partial charge in [0.1, 0.15) is 17.3 Å². The van der Waals surface area contributed by atoms with Gasteiger partial charge in [0.25, 0.3) is 0 Å². The number of benzene rings is 1. The normalized spacial score (nSPS) is 21.4. The molecular formula is C14H17F2NO2. The Bertz CT molecular complexity index is 491. The van der Waals surface area contributed by atoms with Crippen molar-refractivity contribution in [1.29, 1.82) is 0 Å². The minimum Gasteiger partial charge on any atom is -0.478 e. The topological polar surface area (TPSA) is 49.3 Å². The minimum absolute atomic E-state index is 0.00724. The molecule has 3 nitrogen and oxygen atoms in total. The molecule has 5 heteroatoms. The van der Waals surface area contributed by atoms with Crippen LogP contribution in [-0.2, 0) is 0 Å². The van der Waals surface area contributed by atoms with Crippen LogP contribution in [0.15, 0.2) is 12.1 Å². The van der Waals surface area contributed by atoms with Crippen LogP contribution in [0.2, 0.25) is 0 Å². The standard InChI is InChI=1S/C14H17F2NO2/c1-14(2)5-3-4-11(14)17-12-9(15)6-8(13(18)19)7-10(12)16/h6-7,11,17H,3-5H2,1-2H3,(H,18,19). The van der Waals surface area contributed by atoms with Crippen LogP contribution in [-0.4, -0.2) is 17.1 Å². The first-order valence-electron chi connectivity index (χ1n) is 6.30. The van der Waals surface area contributed by atoms with Gasteiger partial charge in [0.05, 0.1) is 5.56 Å². The summed E-state index contributed by atoms with van der Waals surface area (Å²) in [6.45, 7) is 4.11. The van der Waals surface area contributed by atoms with E-state index < -0.39 is 17.6 Å². The maximum atomic E-state index is 13.8. The van der Waals surface area contributed by atoms with Crippen molar-refractivity contribution in [2.75, 3.05) is 5.32 Å². The fraction of sp³-hybridized carbons (Fsp3) is 0.500. The van der Waals surface area contributed by atoms with E-state index in [9.17, 15) is 13.6 Å². The second-order valence-electron chi connectivity index (χ2n) is 5.70. The summed E-state index contributed by atoms with van der Waals surface area (Å²) in [6.07, 6.45) is 2.87. The zero-order chi connectivity index (χ0) is 14.2. The summed E-state index contributed by atoms with van der Waals surface area (Å²) in [4.78, 5) is 10.7. The predicted molar refractivity (Wildman–Crippen MR) is 68.4 cm³/mol. The van der Waals surface area contributed by atoms with Crippen LogP contribution in [0.25, 0.3) is 0 Å². The second-order valence-corrected chi connectivity index (χ2v) is 5.70. The third-order valence-electron chi connectivity index (χ3n) is 3.86. The zero-order valence-corrected chi connectivity index (χ0v) is 11.0.